The summed E-state index contributed by atoms with van der Waals surface area (Å²) >= 11 is 17.1. The van der Waals surface area contributed by atoms with E-state index in [1.165, 1.54) is 26.4 Å². The van der Waals surface area contributed by atoms with Crippen molar-refractivity contribution in [3.05, 3.63) is 236 Å². The van der Waals surface area contributed by atoms with Crippen molar-refractivity contribution in [2.24, 2.45) is 5.92 Å². The Balaban J connectivity index is 1.12. The Kier molecular flexibility index (Phi) is 16.5. The largest absolute Gasteiger partial charge is 0.493 e. The SMILES string of the molecule is COc1cc([C@@H]2c3c(OC(=O)c4ccc(Br)cc4)cc(OC(=O)c4ccc(Br)cc4)cc3[C@@H]3[C@H]2CO[C@H]3c2ccc(OC(=O)c3ccc(Br)cc3)c(OC(=O)c3ccc(Br)cc3)c2)cc(OC)c1OC(=O)c1ccc(Br)cc1. The second-order valence-corrected chi connectivity index (χ2v) is 22.4. The van der Waals surface area contributed by atoms with Gasteiger partial charge in [0.05, 0.1) is 54.7 Å². The summed E-state index contributed by atoms with van der Waals surface area (Å²) in [4.78, 5) is 69.2. The molecule has 1 saturated heterocycles. The summed E-state index contributed by atoms with van der Waals surface area (Å²) in [5, 5.41) is 0. The van der Waals surface area contributed by atoms with Gasteiger partial charge >= 0.3 is 29.8 Å². The molecular formula is C60H39Br5O13. The number of methoxy groups -OCH3 is 2. The highest BCUT2D eigenvalue weighted by molar-refractivity contribution is 9.11. The first-order valence-electron chi connectivity index (χ1n) is 23.7. The lowest BCUT2D eigenvalue weighted by atomic mass is 9.81. The molecule has 0 unspecified atom stereocenters. The summed E-state index contributed by atoms with van der Waals surface area (Å²) in [6, 6.07) is 44.7. The zero-order valence-corrected chi connectivity index (χ0v) is 48.7. The lowest BCUT2D eigenvalue weighted by Gasteiger charge is -2.23. The van der Waals surface area contributed by atoms with E-state index < -0.39 is 53.7 Å². The van der Waals surface area contributed by atoms with Gasteiger partial charge in [-0.25, -0.2) is 24.0 Å². The Morgan fingerprint density at radius 1 is 0.410 bits per heavy atom. The highest BCUT2D eigenvalue weighted by Gasteiger charge is 2.52. The summed E-state index contributed by atoms with van der Waals surface area (Å²) in [5.41, 5.74) is 3.53. The highest BCUT2D eigenvalue weighted by atomic mass is 79.9. The Morgan fingerprint density at radius 3 is 1.23 bits per heavy atom. The van der Waals surface area contributed by atoms with Gasteiger partial charge in [-0.1, -0.05) is 85.7 Å². The summed E-state index contributed by atoms with van der Waals surface area (Å²) in [6.45, 7) is 0.113. The van der Waals surface area contributed by atoms with Crippen LogP contribution >= 0.6 is 79.6 Å². The van der Waals surface area contributed by atoms with Gasteiger partial charge in [0.1, 0.15) is 11.5 Å². The van der Waals surface area contributed by atoms with E-state index >= 15 is 0 Å². The number of carbonyl (C=O) groups is 5. The van der Waals surface area contributed by atoms with Crippen molar-refractivity contribution in [3.63, 3.8) is 0 Å². The van der Waals surface area contributed by atoms with Gasteiger partial charge < -0.3 is 37.9 Å². The van der Waals surface area contributed by atoms with Crippen LogP contribution in [0.25, 0.3) is 0 Å². The van der Waals surface area contributed by atoms with Crippen molar-refractivity contribution in [2.45, 2.75) is 17.9 Å². The molecule has 13 nitrogen and oxygen atoms in total. The monoisotopic (exact) mass is 1360 g/mol. The van der Waals surface area contributed by atoms with Crippen LogP contribution < -0.4 is 33.2 Å². The lowest BCUT2D eigenvalue weighted by molar-refractivity contribution is 0.0680. The second kappa shape index (κ2) is 23.6. The number of ether oxygens (including phenoxy) is 8. The Morgan fingerprint density at radius 2 is 0.795 bits per heavy atom. The molecule has 2 aliphatic rings. The van der Waals surface area contributed by atoms with Crippen molar-refractivity contribution < 1.29 is 61.9 Å². The number of halogens is 5. The van der Waals surface area contributed by atoms with E-state index in [0.29, 0.717) is 22.3 Å². The minimum absolute atomic E-state index is 0.0233. The summed E-state index contributed by atoms with van der Waals surface area (Å²) in [7, 11) is 2.88. The summed E-state index contributed by atoms with van der Waals surface area (Å²) in [5.74, 6) is -4.79. The summed E-state index contributed by atoms with van der Waals surface area (Å²) in [6.07, 6.45) is -0.817. The van der Waals surface area contributed by atoms with Gasteiger partial charge in [-0.05, 0) is 168 Å². The van der Waals surface area contributed by atoms with Gasteiger partial charge in [0.25, 0.3) is 0 Å². The van der Waals surface area contributed by atoms with Crippen molar-refractivity contribution in [1.82, 2.24) is 0 Å². The van der Waals surface area contributed by atoms with Crippen molar-refractivity contribution in [3.8, 4) is 40.2 Å². The molecule has 392 valence electrons. The molecule has 0 saturated carbocycles. The van der Waals surface area contributed by atoms with Crippen LogP contribution in [0.1, 0.15) is 92.0 Å². The van der Waals surface area contributed by atoms with Crippen LogP contribution in [0.4, 0.5) is 0 Å². The molecule has 10 rings (SSSR count). The molecule has 1 heterocycles. The van der Waals surface area contributed by atoms with E-state index in [9.17, 15) is 24.0 Å². The van der Waals surface area contributed by atoms with E-state index in [2.05, 4.69) is 79.6 Å². The van der Waals surface area contributed by atoms with Crippen LogP contribution in [0.2, 0.25) is 0 Å². The predicted molar refractivity (Wildman–Crippen MR) is 305 cm³/mol. The van der Waals surface area contributed by atoms with Crippen LogP contribution in [0.5, 0.6) is 40.2 Å². The van der Waals surface area contributed by atoms with Gasteiger partial charge in [0.2, 0.25) is 5.75 Å². The van der Waals surface area contributed by atoms with Gasteiger partial charge in [-0.3, -0.25) is 0 Å². The minimum atomic E-state index is -0.817. The number of hydrogen-bond acceptors (Lipinski definition) is 13. The number of rotatable bonds is 14. The molecule has 8 aromatic rings. The standard InChI is InChI=1S/C60H39Br5O13/c1-71-49-26-37(27-50(72-2)55(49)78-60(70)35-11-22-42(65)23-12-35)51-45-30-73-54(36-13-24-46(75-57(67)32-5-16-39(62)17-6-32)47(25-36)76-58(68)33-7-18-40(63)19-8-33)52(45)44-28-43(74-56(66)31-3-14-38(61)15-4-31)29-48(53(44)51)77-59(69)34-9-20-41(64)21-10-34/h3-29,45,51-52,54H,30H2,1-2H3/t45-,51-,52+,54-/m0/s1. The lowest BCUT2D eigenvalue weighted by Crippen LogP contribution is -2.16. The molecule has 0 amide bonds. The molecule has 1 fully saturated rings. The van der Waals surface area contributed by atoms with Crippen LogP contribution in [0, 0.1) is 5.92 Å². The molecule has 0 bridgehead atoms. The third-order valence-corrected chi connectivity index (χ3v) is 15.7. The van der Waals surface area contributed by atoms with Gasteiger partial charge in [-0.2, -0.15) is 0 Å². The molecule has 18 heteroatoms. The third kappa shape index (κ3) is 11.7. The number of carbonyl (C=O) groups excluding carboxylic acids is 5. The van der Waals surface area contributed by atoms with Crippen molar-refractivity contribution in [1.29, 1.82) is 0 Å². The fraction of sp³-hybridized carbons (Fsp3) is 0.117. The van der Waals surface area contributed by atoms with E-state index in [-0.39, 0.29) is 74.7 Å². The van der Waals surface area contributed by atoms with Gasteiger partial charge in [-0.15, -0.1) is 0 Å². The van der Waals surface area contributed by atoms with Crippen LogP contribution in [-0.2, 0) is 4.74 Å². The zero-order valence-electron chi connectivity index (χ0n) is 40.8. The Labute approximate surface area is 488 Å². The van der Waals surface area contributed by atoms with E-state index in [4.69, 9.17) is 37.9 Å². The number of esters is 5. The molecule has 0 N–H and O–H groups in total. The smallest absolute Gasteiger partial charge is 0.343 e. The van der Waals surface area contributed by atoms with E-state index in [1.54, 1.807) is 152 Å². The van der Waals surface area contributed by atoms with Crippen LogP contribution in [0.15, 0.2) is 186 Å². The van der Waals surface area contributed by atoms with Crippen molar-refractivity contribution >= 4 is 109 Å². The molecule has 1 aliphatic carbocycles. The molecular weight excluding hydrogens is 1330 g/mol. The predicted octanol–water partition coefficient (Wildman–Crippen LogP) is 15.2. The quantitative estimate of drug-likeness (QED) is 0.0748. The fourth-order valence-corrected chi connectivity index (χ4v) is 10.7. The minimum Gasteiger partial charge on any atom is -0.493 e. The maximum absolute atomic E-state index is 14.3. The molecule has 8 aromatic carbocycles. The van der Waals surface area contributed by atoms with Gasteiger partial charge in [0.15, 0.2) is 23.0 Å². The maximum atomic E-state index is 14.3. The zero-order chi connectivity index (χ0) is 54.8. The first-order chi connectivity index (χ1) is 37.6. The first-order valence-corrected chi connectivity index (χ1v) is 27.7. The molecule has 0 radical (unpaired) electrons. The molecule has 78 heavy (non-hydrogen) atoms. The van der Waals surface area contributed by atoms with E-state index in [1.807, 2.05) is 0 Å². The normalized spacial score (nSPS) is 16.0. The Hall–Kier alpha value is -6.93. The first kappa shape index (κ1) is 54.4. The van der Waals surface area contributed by atoms with E-state index in [0.717, 1.165) is 22.4 Å². The molecule has 0 aromatic heterocycles. The molecule has 4 atom stereocenters. The molecule has 1 aliphatic heterocycles. The fourth-order valence-electron chi connectivity index (χ4n) is 9.42. The average Bonchev–Trinajstić information content (AvgIpc) is 4.24. The van der Waals surface area contributed by atoms with Crippen LogP contribution in [0.3, 0.4) is 0 Å². The summed E-state index contributed by atoms with van der Waals surface area (Å²) < 4.78 is 53.0. The number of hydrogen-bond donors (Lipinski definition) is 0. The molecule has 0 spiro atoms. The number of benzene rings is 8. The van der Waals surface area contributed by atoms with Crippen LogP contribution in [-0.4, -0.2) is 50.7 Å². The van der Waals surface area contributed by atoms with Crippen molar-refractivity contribution in [2.75, 3.05) is 20.8 Å². The average molecular weight is 1370 g/mol. The topological polar surface area (TPSA) is 159 Å². The van der Waals surface area contributed by atoms with Gasteiger partial charge in [0, 0.05) is 51.7 Å². The maximum Gasteiger partial charge on any atom is 0.343 e. The number of fused-ring (bicyclic) bond motifs is 3. The third-order valence-electron chi connectivity index (χ3n) is 13.1. The highest BCUT2D eigenvalue weighted by Crippen LogP contribution is 2.63. The Bertz CT molecular complexity index is 3600. The second-order valence-electron chi connectivity index (χ2n) is 17.8.